The molecule has 2 aromatic rings. The number of likely N-dealkylation sites (tertiary alicyclic amines) is 1. The van der Waals surface area contributed by atoms with Gasteiger partial charge in [0.25, 0.3) is 0 Å². The topological polar surface area (TPSA) is 74.6 Å². The van der Waals surface area contributed by atoms with Gasteiger partial charge in [0.1, 0.15) is 17.4 Å². The second-order valence-electron chi connectivity index (χ2n) is 6.03. The fraction of sp³-hybridized carbons (Fsp3) is 0.412. The van der Waals surface area contributed by atoms with Gasteiger partial charge in [-0.25, -0.2) is 4.79 Å². The standard InChI is InChI=1S/C17H21N3O3/c1-10-12-6-4-5-7-14(12)23-15(10)11(2)18-17(22)19-13-8-9-20(3)16(13)21/h4-7,11,13H,8-9H2,1-3H3,(H2,18,19,22). The molecule has 23 heavy (non-hydrogen) atoms. The number of para-hydroxylation sites is 1. The number of aryl methyl sites for hydroxylation is 1. The van der Waals surface area contributed by atoms with Gasteiger partial charge in [0.15, 0.2) is 0 Å². The number of hydrogen-bond acceptors (Lipinski definition) is 3. The Morgan fingerprint density at radius 3 is 2.78 bits per heavy atom. The van der Waals surface area contributed by atoms with E-state index in [0.717, 1.165) is 22.3 Å². The van der Waals surface area contributed by atoms with Crippen molar-refractivity contribution in [3.8, 4) is 0 Å². The molecular formula is C17H21N3O3. The highest BCUT2D eigenvalue weighted by atomic mass is 16.3. The van der Waals surface area contributed by atoms with Gasteiger partial charge < -0.3 is 20.0 Å². The van der Waals surface area contributed by atoms with Crippen LogP contribution in [0.2, 0.25) is 0 Å². The number of nitrogens with zero attached hydrogens (tertiary/aromatic N) is 1. The summed E-state index contributed by atoms with van der Waals surface area (Å²) in [5.74, 6) is 0.684. The molecule has 3 amide bonds. The van der Waals surface area contributed by atoms with Crippen molar-refractivity contribution in [3.05, 3.63) is 35.6 Å². The van der Waals surface area contributed by atoms with Crippen LogP contribution in [0.3, 0.4) is 0 Å². The summed E-state index contributed by atoms with van der Waals surface area (Å²) in [4.78, 5) is 25.6. The number of carbonyl (C=O) groups excluding carboxylic acids is 2. The first-order valence-electron chi connectivity index (χ1n) is 7.77. The monoisotopic (exact) mass is 315 g/mol. The van der Waals surface area contributed by atoms with Crippen LogP contribution in [-0.4, -0.2) is 36.5 Å². The molecule has 2 unspecified atom stereocenters. The van der Waals surface area contributed by atoms with Crippen LogP contribution >= 0.6 is 0 Å². The Kier molecular flexibility index (Phi) is 3.98. The third kappa shape index (κ3) is 2.88. The molecule has 0 bridgehead atoms. The van der Waals surface area contributed by atoms with E-state index in [1.54, 1.807) is 11.9 Å². The van der Waals surface area contributed by atoms with Gasteiger partial charge in [0, 0.05) is 24.5 Å². The van der Waals surface area contributed by atoms with Crippen LogP contribution < -0.4 is 10.6 Å². The van der Waals surface area contributed by atoms with Gasteiger partial charge in [-0.2, -0.15) is 0 Å². The molecule has 1 aromatic heterocycles. The Morgan fingerprint density at radius 2 is 2.13 bits per heavy atom. The molecule has 1 aromatic carbocycles. The Hall–Kier alpha value is -2.50. The minimum atomic E-state index is -0.441. The molecule has 1 fully saturated rings. The Morgan fingerprint density at radius 1 is 1.39 bits per heavy atom. The number of hydrogen-bond donors (Lipinski definition) is 2. The van der Waals surface area contributed by atoms with E-state index in [-0.39, 0.29) is 18.0 Å². The van der Waals surface area contributed by atoms with E-state index in [0.29, 0.717) is 13.0 Å². The van der Waals surface area contributed by atoms with Gasteiger partial charge >= 0.3 is 6.03 Å². The Labute approximate surface area is 134 Å². The van der Waals surface area contributed by atoms with Crippen LogP contribution in [0, 0.1) is 6.92 Å². The number of rotatable bonds is 3. The Balaban J connectivity index is 1.68. The molecule has 1 saturated heterocycles. The SMILES string of the molecule is Cc1c(C(C)NC(=O)NC2CCN(C)C2=O)oc2ccccc12. The van der Waals surface area contributed by atoms with Crippen molar-refractivity contribution in [2.75, 3.05) is 13.6 Å². The van der Waals surface area contributed by atoms with Crippen molar-refractivity contribution in [1.29, 1.82) is 0 Å². The summed E-state index contributed by atoms with van der Waals surface area (Å²) in [7, 11) is 1.74. The maximum absolute atomic E-state index is 12.1. The summed E-state index contributed by atoms with van der Waals surface area (Å²) in [6.45, 7) is 4.52. The molecule has 2 atom stereocenters. The molecule has 0 spiro atoms. The molecule has 1 aliphatic heterocycles. The number of furan rings is 1. The van der Waals surface area contributed by atoms with Crippen LogP contribution in [0.1, 0.15) is 30.7 Å². The van der Waals surface area contributed by atoms with Crippen LogP contribution in [0.4, 0.5) is 4.79 Å². The maximum atomic E-state index is 12.1. The third-order valence-electron chi connectivity index (χ3n) is 4.35. The van der Waals surface area contributed by atoms with Crippen molar-refractivity contribution in [2.45, 2.75) is 32.4 Å². The lowest BCUT2D eigenvalue weighted by molar-refractivity contribution is -0.128. The lowest BCUT2D eigenvalue weighted by atomic mass is 10.1. The number of nitrogens with one attached hydrogen (secondary N) is 2. The third-order valence-corrected chi connectivity index (χ3v) is 4.35. The van der Waals surface area contributed by atoms with E-state index in [1.165, 1.54) is 0 Å². The fourth-order valence-corrected chi connectivity index (χ4v) is 3.02. The average molecular weight is 315 g/mol. The molecule has 2 N–H and O–H groups in total. The summed E-state index contributed by atoms with van der Waals surface area (Å²) < 4.78 is 5.85. The molecule has 0 radical (unpaired) electrons. The Bertz CT molecular complexity index is 753. The molecule has 3 rings (SSSR count). The molecule has 0 aliphatic carbocycles. The molecule has 0 saturated carbocycles. The summed E-state index contributed by atoms with van der Waals surface area (Å²) in [6.07, 6.45) is 0.640. The van der Waals surface area contributed by atoms with Gasteiger partial charge in [0.2, 0.25) is 5.91 Å². The zero-order chi connectivity index (χ0) is 16.6. The first-order valence-corrected chi connectivity index (χ1v) is 7.77. The van der Waals surface area contributed by atoms with E-state index in [1.807, 2.05) is 38.1 Å². The van der Waals surface area contributed by atoms with Crippen LogP contribution in [0.25, 0.3) is 11.0 Å². The number of carbonyl (C=O) groups is 2. The zero-order valence-corrected chi connectivity index (χ0v) is 13.6. The number of urea groups is 1. The van der Waals surface area contributed by atoms with Crippen LogP contribution in [-0.2, 0) is 4.79 Å². The predicted octanol–water partition coefficient (Wildman–Crippen LogP) is 2.33. The molecule has 122 valence electrons. The van der Waals surface area contributed by atoms with Gasteiger partial charge in [-0.1, -0.05) is 18.2 Å². The van der Waals surface area contributed by atoms with Crippen LogP contribution in [0.15, 0.2) is 28.7 Å². The number of likely N-dealkylation sites (N-methyl/N-ethyl adjacent to an activating group) is 1. The highest BCUT2D eigenvalue weighted by Crippen LogP contribution is 2.29. The van der Waals surface area contributed by atoms with Gasteiger partial charge in [-0.05, 0) is 26.3 Å². The van der Waals surface area contributed by atoms with Crippen molar-refractivity contribution < 1.29 is 14.0 Å². The van der Waals surface area contributed by atoms with E-state index in [9.17, 15) is 9.59 Å². The number of benzene rings is 1. The second-order valence-corrected chi connectivity index (χ2v) is 6.03. The van der Waals surface area contributed by atoms with Crippen molar-refractivity contribution in [2.24, 2.45) is 0 Å². The lowest BCUT2D eigenvalue weighted by Gasteiger charge is -2.16. The first kappa shape index (κ1) is 15.4. The highest BCUT2D eigenvalue weighted by molar-refractivity contribution is 5.88. The summed E-state index contributed by atoms with van der Waals surface area (Å²) in [6, 6.07) is 6.71. The average Bonchev–Trinajstić information content (AvgIpc) is 3.02. The second kappa shape index (κ2) is 5.95. The molecule has 6 nitrogen and oxygen atoms in total. The molecular weight excluding hydrogens is 294 g/mol. The molecule has 6 heteroatoms. The summed E-state index contributed by atoms with van der Waals surface area (Å²) in [5, 5.41) is 6.62. The molecule has 1 aliphatic rings. The van der Waals surface area contributed by atoms with E-state index < -0.39 is 6.04 Å². The van der Waals surface area contributed by atoms with Gasteiger partial charge in [-0.15, -0.1) is 0 Å². The van der Waals surface area contributed by atoms with E-state index >= 15 is 0 Å². The van der Waals surface area contributed by atoms with Crippen molar-refractivity contribution in [1.82, 2.24) is 15.5 Å². The summed E-state index contributed by atoms with van der Waals surface area (Å²) >= 11 is 0. The lowest BCUT2D eigenvalue weighted by Crippen LogP contribution is -2.46. The summed E-state index contributed by atoms with van der Waals surface area (Å²) in [5.41, 5.74) is 1.83. The maximum Gasteiger partial charge on any atom is 0.316 e. The number of amides is 3. The predicted molar refractivity (Wildman–Crippen MR) is 87.1 cm³/mol. The van der Waals surface area contributed by atoms with Gasteiger partial charge in [-0.3, -0.25) is 4.79 Å². The smallest absolute Gasteiger partial charge is 0.316 e. The van der Waals surface area contributed by atoms with E-state index in [2.05, 4.69) is 10.6 Å². The van der Waals surface area contributed by atoms with Crippen molar-refractivity contribution >= 4 is 22.9 Å². The highest BCUT2D eigenvalue weighted by Gasteiger charge is 2.30. The minimum absolute atomic E-state index is 0.0484. The van der Waals surface area contributed by atoms with Crippen LogP contribution in [0.5, 0.6) is 0 Å². The fourth-order valence-electron chi connectivity index (χ4n) is 3.02. The number of fused-ring (bicyclic) bond motifs is 1. The first-order chi connectivity index (χ1) is 11.0. The molecule has 2 heterocycles. The van der Waals surface area contributed by atoms with Gasteiger partial charge in [0.05, 0.1) is 6.04 Å². The zero-order valence-electron chi connectivity index (χ0n) is 13.6. The van der Waals surface area contributed by atoms with E-state index in [4.69, 9.17) is 4.42 Å². The largest absolute Gasteiger partial charge is 0.459 e. The normalized spacial score (nSPS) is 19.2. The quantitative estimate of drug-likeness (QED) is 0.913. The van der Waals surface area contributed by atoms with Crippen molar-refractivity contribution in [3.63, 3.8) is 0 Å². The minimum Gasteiger partial charge on any atom is -0.459 e.